The summed E-state index contributed by atoms with van der Waals surface area (Å²) in [5.74, 6) is 0.974. The van der Waals surface area contributed by atoms with Gasteiger partial charge >= 0.3 is 0 Å². The molecule has 3 aromatic rings. The predicted octanol–water partition coefficient (Wildman–Crippen LogP) is 5.63. The van der Waals surface area contributed by atoms with Crippen LogP contribution in [-0.2, 0) is 0 Å². The third-order valence-corrected chi connectivity index (χ3v) is 3.68. The van der Waals surface area contributed by atoms with E-state index in [9.17, 15) is 0 Å². The standard InChI is InChI=1S/C18H19O/c1-11(2)14-9-16-13-7-5-6-8-17(13)19-18(16)10-15(14)12(3)4/h5-8,10-12H,1-4H3. The number of fused-ring (bicyclic) bond motifs is 3. The molecule has 0 saturated heterocycles. The van der Waals surface area contributed by atoms with Crippen molar-refractivity contribution in [1.29, 1.82) is 0 Å². The van der Waals surface area contributed by atoms with Gasteiger partial charge in [0.1, 0.15) is 11.2 Å². The number of rotatable bonds is 2. The minimum absolute atomic E-state index is 0.482. The average molecular weight is 251 g/mol. The molecular formula is C18H19O. The molecule has 3 rings (SSSR count). The van der Waals surface area contributed by atoms with Crippen molar-refractivity contribution in [1.82, 2.24) is 0 Å². The maximum Gasteiger partial charge on any atom is 0.136 e. The summed E-state index contributed by atoms with van der Waals surface area (Å²) in [5, 5.41) is 2.28. The van der Waals surface area contributed by atoms with Gasteiger partial charge in [-0.25, -0.2) is 0 Å². The molecule has 0 aliphatic rings. The fourth-order valence-electron chi connectivity index (χ4n) is 2.68. The van der Waals surface area contributed by atoms with E-state index in [1.165, 1.54) is 11.1 Å². The summed E-state index contributed by atoms with van der Waals surface area (Å²) >= 11 is 0. The second kappa shape index (κ2) is 4.41. The van der Waals surface area contributed by atoms with Gasteiger partial charge in [-0.05, 0) is 41.2 Å². The minimum atomic E-state index is 0.482. The zero-order valence-corrected chi connectivity index (χ0v) is 11.9. The summed E-state index contributed by atoms with van der Waals surface area (Å²) < 4.78 is 5.95. The van der Waals surface area contributed by atoms with Crippen LogP contribution in [0.5, 0.6) is 0 Å². The highest BCUT2D eigenvalue weighted by molar-refractivity contribution is 6.04. The van der Waals surface area contributed by atoms with Crippen LogP contribution in [0, 0.1) is 6.07 Å². The summed E-state index contributed by atoms with van der Waals surface area (Å²) in [6, 6.07) is 14.0. The molecule has 0 spiro atoms. The van der Waals surface area contributed by atoms with Gasteiger partial charge in [-0.15, -0.1) is 0 Å². The molecular weight excluding hydrogens is 232 g/mol. The van der Waals surface area contributed by atoms with Crippen LogP contribution in [0.1, 0.15) is 50.7 Å². The quantitative estimate of drug-likeness (QED) is 0.575. The topological polar surface area (TPSA) is 13.1 Å². The molecule has 0 saturated carbocycles. The van der Waals surface area contributed by atoms with Gasteiger partial charge in [0.15, 0.2) is 0 Å². The van der Waals surface area contributed by atoms with Crippen LogP contribution < -0.4 is 0 Å². The summed E-state index contributed by atoms with van der Waals surface area (Å²) in [5.41, 5.74) is 4.56. The highest BCUT2D eigenvalue weighted by Crippen LogP contribution is 2.35. The molecule has 0 bridgehead atoms. The van der Waals surface area contributed by atoms with Crippen LogP contribution >= 0.6 is 0 Å². The van der Waals surface area contributed by atoms with E-state index in [0.29, 0.717) is 11.8 Å². The first-order chi connectivity index (χ1) is 9.08. The molecule has 0 N–H and O–H groups in total. The highest BCUT2D eigenvalue weighted by Gasteiger charge is 2.15. The molecule has 19 heavy (non-hydrogen) atoms. The van der Waals surface area contributed by atoms with Gasteiger partial charge in [0.2, 0.25) is 0 Å². The predicted molar refractivity (Wildman–Crippen MR) is 80.7 cm³/mol. The normalized spacial score (nSPS) is 12.1. The Morgan fingerprint density at radius 3 is 2.37 bits per heavy atom. The second-order valence-corrected chi connectivity index (χ2v) is 5.79. The van der Waals surface area contributed by atoms with E-state index in [1.54, 1.807) is 0 Å². The molecule has 1 nitrogen and oxygen atoms in total. The van der Waals surface area contributed by atoms with Crippen molar-refractivity contribution in [3.8, 4) is 0 Å². The van der Waals surface area contributed by atoms with Crippen LogP contribution in [0.25, 0.3) is 21.9 Å². The van der Waals surface area contributed by atoms with Crippen LogP contribution in [0.15, 0.2) is 34.7 Å². The van der Waals surface area contributed by atoms with E-state index in [4.69, 9.17) is 4.42 Å². The van der Waals surface area contributed by atoms with Gasteiger partial charge in [-0.2, -0.15) is 0 Å². The van der Waals surface area contributed by atoms with E-state index >= 15 is 0 Å². The van der Waals surface area contributed by atoms with Crippen molar-refractivity contribution in [3.05, 3.63) is 47.5 Å². The molecule has 1 radical (unpaired) electrons. The fraction of sp³-hybridized carbons (Fsp3) is 0.333. The van der Waals surface area contributed by atoms with Crippen molar-refractivity contribution in [2.45, 2.75) is 39.5 Å². The third kappa shape index (κ3) is 1.94. The highest BCUT2D eigenvalue weighted by atomic mass is 16.3. The second-order valence-electron chi connectivity index (χ2n) is 5.79. The lowest BCUT2D eigenvalue weighted by molar-refractivity contribution is 0.666. The van der Waals surface area contributed by atoms with Gasteiger partial charge in [-0.1, -0.05) is 45.9 Å². The molecule has 0 amide bonds. The first kappa shape index (κ1) is 12.3. The SMILES string of the molecule is CC(C)c1[c]c2c(cc1C(C)C)oc1ccccc12. The zero-order valence-electron chi connectivity index (χ0n) is 11.9. The van der Waals surface area contributed by atoms with Gasteiger partial charge in [0.05, 0.1) is 0 Å². The van der Waals surface area contributed by atoms with E-state index in [1.807, 2.05) is 12.1 Å². The van der Waals surface area contributed by atoms with E-state index in [2.05, 4.69) is 52.0 Å². The van der Waals surface area contributed by atoms with Crippen LogP contribution in [-0.4, -0.2) is 0 Å². The van der Waals surface area contributed by atoms with Crippen molar-refractivity contribution in [2.75, 3.05) is 0 Å². The van der Waals surface area contributed by atoms with Gasteiger partial charge in [0.25, 0.3) is 0 Å². The maximum atomic E-state index is 5.95. The Hall–Kier alpha value is -1.76. The van der Waals surface area contributed by atoms with Crippen molar-refractivity contribution in [2.24, 2.45) is 0 Å². The Balaban J connectivity index is 2.40. The third-order valence-electron chi connectivity index (χ3n) is 3.68. The van der Waals surface area contributed by atoms with Crippen molar-refractivity contribution in [3.63, 3.8) is 0 Å². The Morgan fingerprint density at radius 2 is 1.68 bits per heavy atom. The summed E-state index contributed by atoms with van der Waals surface area (Å²) in [7, 11) is 0. The number of hydrogen-bond donors (Lipinski definition) is 0. The Labute approximate surface area is 114 Å². The molecule has 1 heteroatoms. The molecule has 0 aliphatic heterocycles. The zero-order chi connectivity index (χ0) is 13.6. The van der Waals surface area contributed by atoms with E-state index < -0.39 is 0 Å². The van der Waals surface area contributed by atoms with Crippen LogP contribution in [0.3, 0.4) is 0 Å². The lowest BCUT2D eigenvalue weighted by Gasteiger charge is -2.15. The lowest BCUT2D eigenvalue weighted by Crippen LogP contribution is -1.98. The number of benzene rings is 2. The summed E-state index contributed by atoms with van der Waals surface area (Å²) in [6.45, 7) is 8.91. The van der Waals surface area contributed by atoms with E-state index in [-0.39, 0.29) is 0 Å². The summed E-state index contributed by atoms with van der Waals surface area (Å²) in [4.78, 5) is 0. The van der Waals surface area contributed by atoms with Crippen molar-refractivity contribution < 1.29 is 4.42 Å². The average Bonchev–Trinajstić information content (AvgIpc) is 2.74. The Kier molecular flexibility index (Phi) is 2.85. The molecule has 2 aromatic carbocycles. The number of furan rings is 1. The largest absolute Gasteiger partial charge is 0.456 e. The van der Waals surface area contributed by atoms with E-state index in [0.717, 1.165) is 21.9 Å². The Morgan fingerprint density at radius 1 is 0.947 bits per heavy atom. The molecule has 1 heterocycles. The lowest BCUT2D eigenvalue weighted by atomic mass is 9.89. The van der Waals surface area contributed by atoms with Gasteiger partial charge in [-0.3, -0.25) is 0 Å². The number of hydrogen-bond acceptors (Lipinski definition) is 1. The monoisotopic (exact) mass is 251 g/mol. The molecule has 97 valence electrons. The maximum absolute atomic E-state index is 5.95. The van der Waals surface area contributed by atoms with Gasteiger partial charge < -0.3 is 4.42 Å². The minimum Gasteiger partial charge on any atom is -0.456 e. The first-order valence-electron chi connectivity index (χ1n) is 6.95. The molecule has 0 atom stereocenters. The van der Waals surface area contributed by atoms with Crippen molar-refractivity contribution >= 4 is 21.9 Å². The smallest absolute Gasteiger partial charge is 0.136 e. The van der Waals surface area contributed by atoms with Crippen LogP contribution in [0.2, 0.25) is 0 Å². The molecule has 0 aliphatic carbocycles. The number of para-hydroxylation sites is 1. The first-order valence-corrected chi connectivity index (χ1v) is 6.95. The summed E-state index contributed by atoms with van der Waals surface area (Å²) in [6.07, 6.45) is 0. The Bertz CT molecular complexity index is 732. The molecule has 1 aromatic heterocycles. The molecule has 0 fully saturated rings. The molecule has 0 unspecified atom stereocenters. The van der Waals surface area contributed by atoms with Crippen LogP contribution in [0.4, 0.5) is 0 Å². The fourth-order valence-corrected chi connectivity index (χ4v) is 2.68. The van der Waals surface area contributed by atoms with Gasteiger partial charge in [0, 0.05) is 10.8 Å².